The van der Waals surface area contributed by atoms with E-state index < -0.39 is 0 Å². The Morgan fingerprint density at radius 2 is 1.67 bits per heavy atom. The number of para-hydroxylation sites is 1. The highest BCUT2D eigenvalue weighted by Crippen LogP contribution is 2.37. The molecule has 0 aromatic heterocycles. The summed E-state index contributed by atoms with van der Waals surface area (Å²) < 4.78 is 10.7. The van der Waals surface area contributed by atoms with Gasteiger partial charge in [0.1, 0.15) is 0 Å². The maximum atomic E-state index is 5.60. The Kier molecular flexibility index (Phi) is 3.85. The lowest BCUT2D eigenvalue weighted by Crippen LogP contribution is -1.96. The van der Waals surface area contributed by atoms with E-state index in [9.17, 15) is 0 Å². The maximum absolute atomic E-state index is 5.60. The van der Waals surface area contributed by atoms with E-state index in [1.54, 1.807) is 14.2 Å². The lowest BCUT2D eigenvalue weighted by Gasteiger charge is -2.12. The van der Waals surface area contributed by atoms with Gasteiger partial charge < -0.3 is 15.2 Å². The summed E-state index contributed by atoms with van der Waals surface area (Å²) in [4.78, 5) is 0. The average Bonchev–Trinajstić information content (AvgIpc) is 2.46. The molecule has 0 aliphatic carbocycles. The molecule has 0 aliphatic heterocycles. The first-order chi connectivity index (χ1) is 8.80. The van der Waals surface area contributed by atoms with Crippen LogP contribution in [0.1, 0.15) is 5.56 Å². The third-order valence-corrected chi connectivity index (χ3v) is 2.90. The van der Waals surface area contributed by atoms with E-state index in [1.807, 2.05) is 42.5 Å². The minimum absolute atomic E-state index is 0.551. The van der Waals surface area contributed by atoms with Gasteiger partial charge in [-0.25, -0.2) is 0 Å². The SMILES string of the molecule is COc1cccc(-c2ccc(CN)cc2)c1OC. The Bertz CT molecular complexity index is 521. The zero-order valence-corrected chi connectivity index (χ0v) is 10.6. The van der Waals surface area contributed by atoms with E-state index in [1.165, 1.54) is 0 Å². The van der Waals surface area contributed by atoms with Crippen LogP contribution in [0.2, 0.25) is 0 Å². The smallest absolute Gasteiger partial charge is 0.168 e. The maximum Gasteiger partial charge on any atom is 0.168 e. The molecule has 2 rings (SSSR count). The molecular weight excluding hydrogens is 226 g/mol. The number of hydrogen-bond donors (Lipinski definition) is 1. The highest BCUT2D eigenvalue weighted by atomic mass is 16.5. The third kappa shape index (κ3) is 2.31. The van der Waals surface area contributed by atoms with E-state index in [-0.39, 0.29) is 0 Å². The van der Waals surface area contributed by atoms with Gasteiger partial charge in [-0.15, -0.1) is 0 Å². The molecule has 0 radical (unpaired) electrons. The highest BCUT2D eigenvalue weighted by molar-refractivity contribution is 5.73. The topological polar surface area (TPSA) is 44.5 Å². The molecule has 3 heteroatoms. The lowest BCUT2D eigenvalue weighted by molar-refractivity contribution is 0.356. The molecule has 0 saturated carbocycles. The summed E-state index contributed by atoms with van der Waals surface area (Å²) in [6, 6.07) is 14.0. The average molecular weight is 243 g/mol. The van der Waals surface area contributed by atoms with Crippen LogP contribution < -0.4 is 15.2 Å². The van der Waals surface area contributed by atoms with Gasteiger partial charge in [0.15, 0.2) is 11.5 Å². The summed E-state index contributed by atoms with van der Waals surface area (Å²) in [6.45, 7) is 0.551. The first kappa shape index (κ1) is 12.5. The molecule has 0 heterocycles. The third-order valence-electron chi connectivity index (χ3n) is 2.90. The second-order valence-electron chi connectivity index (χ2n) is 3.94. The highest BCUT2D eigenvalue weighted by Gasteiger charge is 2.10. The molecule has 0 spiro atoms. The van der Waals surface area contributed by atoms with Gasteiger partial charge in [-0.2, -0.15) is 0 Å². The van der Waals surface area contributed by atoms with E-state index in [2.05, 4.69) is 0 Å². The fraction of sp³-hybridized carbons (Fsp3) is 0.200. The molecule has 3 nitrogen and oxygen atoms in total. The predicted octanol–water partition coefficient (Wildman–Crippen LogP) is 2.83. The van der Waals surface area contributed by atoms with Crippen LogP contribution in [0.25, 0.3) is 11.1 Å². The molecule has 0 bridgehead atoms. The van der Waals surface area contributed by atoms with Gasteiger partial charge in [0, 0.05) is 12.1 Å². The predicted molar refractivity (Wildman–Crippen MR) is 72.9 cm³/mol. The molecule has 2 aromatic rings. The molecule has 2 aromatic carbocycles. The number of hydrogen-bond acceptors (Lipinski definition) is 3. The van der Waals surface area contributed by atoms with Crippen LogP contribution in [0.15, 0.2) is 42.5 Å². The van der Waals surface area contributed by atoms with Crippen LogP contribution in [-0.2, 0) is 6.54 Å². The van der Waals surface area contributed by atoms with Crippen molar-refractivity contribution < 1.29 is 9.47 Å². The fourth-order valence-electron chi connectivity index (χ4n) is 1.93. The molecule has 94 valence electrons. The molecule has 0 saturated heterocycles. The van der Waals surface area contributed by atoms with Crippen molar-refractivity contribution in [2.75, 3.05) is 14.2 Å². The first-order valence-corrected chi connectivity index (χ1v) is 5.80. The van der Waals surface area contributed by atoms with Gasteiger partial charge in [0.05, 0.1) is 14.2 Å². The van der Waals surface area contributed by atoms with Crippen molar-refractivity contribution >= 4 is 0 Å². The molecule has 0 aliphatic rings. The minimum atomic E-state index is 0.551. The Morgan fingerprint density at radius 3 is 2.22 bits per heavy atom. The van der Waals surface area contributed by atoms with Crippen molar-refractivity contribution in [1.82, 2.24) is 0 Å². The van der Waals surface area contributed by atoms with Crippen LogP contribution >= 0.6 is 0 Å². The van der Waals surface area contributed by atoms with Gasteiger partial charge in [-0.1, -0.05) is 36.4 Å². The fourth-order valence-corrected chi connectivity index (χ4v) is 1.93. The van der Waals surface area contributed by atoms with Crippen LogP contribution in [0.5, 0.6) is 11.5 Å². The van der Waals surface area contributed by atoms with Crippen molar-refractivity contribution in [3.8, 4) is 22.6 Å². The normalized spacial score (nSPS) is 10.2. The van der Waals surface area contributed by atoms with Crippen molar-refractivity contribution in [3.05, 3.63) is 48.0 Å². The van der Waals surface area contributed by atoms with Crippen LogP contribution in [0.4, 0.5) is 0 Å². The lowest BCUT2D eigenvalue weighted by atomic mass is 10.0. The summed E-state index contributed by atoms with van der Waals surface area (Å²) in [5, 5.41) is 0. The summed E-state index contributed by atoms with van der Waals surface area (Å²) in [5.74, 6) is 1.48. The number of benzene rings is 2. The molecule has 0 fully saturated rings. The summed E-state index contributed by atoms with van der Waals surface area (Å²) in [7, 11) is 3.29. The minimum Gasteiger partial charge on any atom is -0.493 e. The van der Waals surface area contributed by atoms with Gasteiger partial charge in [-0.3, -0.25) is 0 Å². The van der Waals surface area contributed by atoms with E-state index in [0.29, 0.717) is 6.54 Å². The number of ether oxygens (including phenoxy) is 2. The quantitative estimate of drug-likeness (QED) is 0.898. The van der Waals surface area contributed by atoms with E-state index >= 15 is 0 Å². The Labute approximate surface area is 107 Å². The van der Waals surface area contributed by atoms with Gasteiger partial charge in [0.2, 0.25) is 0 Å². The number of rotatable bonds is 4. The standard InChI is InChI=1S/C15H17NO2/c1-17-14-5-3-4-13(15(14)18-2)12-8-6-11(10-16)7-9-12/h3-9H,10,16H2,1-2H3. The van der Waals surface area contributed by atoms with Crippen molar-refractivity contribution in [3.63, 3.8) is 0 Å². The van der Waals surface area contributed by atoms with Crippen molar-refractivity contribution in [2.24, 2.45) is 5.73 Å². The van der Waals surface area contributed by atoms with E-state index in [0.717, 1.165) is 28.2 Å². The van der Waals surface area contributed by atoms with Crippen LogP contribution in [-0.4, -0.2) is 14.2 Å². The summed E-state index contributed by atoms with van der Waals surface area (Å²) >= 11 is 0. The zero-order chi connectivity index (χ0) is 13.0. The Hall–Kier alpha value is -2.00. The Balaban J connectivity index is 2.48. The first-order valence-electron chi connectivity index (χ1n) is 5.80. The Morgan fingerprint density at radius 1 is 0.944 bits per heavy atom. The molecule has 0 amide bonds. The molecule has 18 heavy (non-hydrogen) atoms. The van der Waals surface area contributed by atoms with Crippen LogP contribution in [0, 0.1) is 0 Å². The second-order valence-corrected chi connectivity index (χ2v) is 3.94. The van der Waals surface area contributed by atoms with Crippen molar-refractivity contribution in [1.29, 1.82) is 0 Å². The monoisotopic (exact) mass is 243 g/mol. The summed E-state index contributed by atoms with van der Waals surface area (Å²) in [5.41, 5.74) is 8.81. The summed E-state index contributed by atoms with van der Waals surface area (Å²) in [6.07, 6.45) is 0. The largest absolute Gasteiger partial charge is 0.493 e. The molecule has 0 unspecified atom stereocenters. The zero-order valence-electron chi connectivity index (χ0n) is 10.6. The van der Waals surface area contributed by atoms with E-state index in [4.69, 9.17) is 15.2 Å². The van der Waals surface area contributed by atoms with Gasteiger partial charge >= 0.3 is 0 Å². The molecule has 2 N–H and O–H groups in total. The van der Waals surface area contributed by atoms with Crippen LogP contribution in [0.3, 0.4) is 0 Å². The van der Waals surface area contributed by atoms with Gasteiger partial charge in [0.25, 0.3) is 0 Å². The van der Waals surface area contributed by atoms with Gasteiger partial charge in [-0.05, 0) is 17.2 Å². The molecule has 0 atom stereocenters. The number of methoxy groups -OCH3 is 2. The second kappa shape index (κ2) is 5.56. The van der Waals surface area contributed by atoms with Crippen molar-refractivity contribution in [2.45, 2.75) is 6.54 Å². The number of nitrogens with two attached hydrogens (primary N) is 1. The molecular formula is C15H17NO2.